The number of thiophene rings is 1. The Kier molecular flexibility index (Phi) is 6.13. The molecule has 9 heteroatoms. The van der Waals surface area contributed by atoms with Crippen LogP contribution in [-0.2, 0) is 10.0 Å². The smallest absolute Gasteiger partial charge is 0.250 e. The number of aliphatic hydroxyl groups excluding tert-OH is 1. The highest BCUT2D eigenvalue weighted by Crippen LogP contribution is 2.34. The van der Waals surface area contributed by atoms with Gasteiger partial charge >= 0.3 is 0 Å². The van der Waals surface area contributed by atoms with Crippen LogP contribution in [0.4, 0.5) is 0 Å². The zero-order valence-electron chi connectivity index (χ0n) is 15.1. The second kappa shape index (κ2) is 8.18. The van der Waals surface area contributed by atoms with Crippen molar-refractivity contribution in [2.24, 2.45) is 0 Å². The lowest BCUT2D eigenvalue weighted by atomic mass is 10.1. The lowest BCUT2D eigenvalue weighted by Crippen LogP contribution is -2.39. The number of piperidine rings is 1. The summed E-state index contributed by atoms with van der Waals surface area (Å²) in [6.45, 7) is 6.48. The van der Waals surface area contributed by atoms with Crippen LogP contribution in [0.3, 0.4) is 0 Å². The van der Waals surface area contributed by atoms with Gasteiger partial charge in [-0.2, -0.15) is 0 Å². The van der Waals surface area contributed by atoms with Crippen molar-refractivity contribution in [3.05, 3.63) is 23.6 Å². The first kappa shape index (κ1) is 19.5. The minimum Gasteiger partial charge on any atom is -0.392 e. The Morgan fingerprint density at radius 1 is 1.42 bits per heavy atom. The van der Waals surface area contributed by atoms with Crippen molar-refractivity contribution in [1.29, 1.82) is 0 Å². The van der Waals surface area contributed by atoms with Crippen molar-refractivity contribution in [1.82, 2.24) is 14.8 Å². The van der Waals surface area contributed by atoms with Crippen LogP contribution in [0.15, 0.2) is 20.9 Å². The van der Waals surface area contributed by atoms with Gasteiger partial charge in [0.1, 0.15) is 9.97 Å². The third-order valence-corrected chi connectivity index (χ3v) is 7.61. The molecule has 1 saturated heterocycles. The van der Waals surface area contributed by atoms with Gasteiger partial charge in [-0.1, -0.05) is 5.16 Å². The number of nitrogens with zero attached hydrogens (tertiary/aromatic N) is 2. The van der Waals surface area contributed by atoms with Crippen LogP contribution in [0.1, 0.15) is 30.7 Å². The number of aromatic nitrogens is 1. The molecule has 2 N–H and O–H groups in total. The third-order valence-electron chi connectivity index (χ3n) is 4.55. The molecule has 0 bridgehead atoms. The molecule has 2 aromatic rings. The molecule has 7 nitrogen and oxygen atoms in total. The molecule has 1 unspecified atom stereocenters. The van der Waals surface area contributed by atoms with Crippen molar-refractivity contribution in [2.45, 2.75) is 43.4 Å². The average Bonchev–Trinajstić information content (AvgIpc) is 3.19. The molecule has 0 aliphatic carbocycles. The van der Waals surface area contributed by atoms with Gasteiger partial charge in [0.15, 0.2) is 0 Å². The fourth-order valence-corrected chi connectivity index (χ4v) is 5.82. The number of nitrogens with one attached hydrogen (secondary N) is 1. The predicted molar refractivity (Wildman–Crippen MR) is 101 cm³/mol. The second-order valence-electron chi connectivity index (χ2n) is 6.67. The maximum atomic E-state index is 12.5. The van der Waals surface area contributed by atoms with Gasteiger partial charge in [0.25, 0.3) is 0 Å². The van der Waals surface area contributed by atoms with Gasteiger partial charge in [0, 0.05) is 18.0 Å². The molecule has 0 radical (unpaired) electrons. The summed E-state index contributed by atoms with van der Waals surface area (Å²) in [5.74, 6) is 0.685. The minimum absolute atomic E-state index is 0.255. The van der Waals surface area contributed by atoms with Crippen LogP contribution >= 0.6 is 11.3 Å². The molecule has 0 saturated carbocycles. The van der Waals surface area contributed by atoms with Crippen LogP contribution in [0.2, 0.25) is 0 Å². The lowest BCUT2D eigenvalue weighted by molar-refractivity contribution is 0.0704. The maximum Gasteiger partial charge on any atom is 0.250 e. The molecule has 3 heterocycles. The SMILES string of the molecule is Cc1noc(C)c1-c1ccc(S(=O)(=O)NCCCN2CCCC(O)C2)s1. The van der Waals surface area contributed by atoms with Gasteiger partial charge in [-0.15, -0.1) is 11.3 Å². The molecule has 0 aromatic carbocycles. The van der Waals surface area contributed by atoms with Crippen LogP contribution < -0.4 is 4.72 Å². The second-order valence-corrected chi connectivity index (χ2v) is 9.74. The molecular formula is C17H25N3O4S2. The molecule has 1 aliphatic heterocycles. The number of hydrogen-bond acceptors (Lipinski definition) is 7. The largest absolute Gasteiger partial charge is 0.392 e. The van der Waals surface area contributed by atoms with Gasteiger partial charge in [0.05, 0.1) is 17.4 Å². The van der Waals surface area contributed by atoms with E-state index >= 15 is 0 Å². The van der Waals surface area contributed by atoms with Gasteiger partial charge in [-0.3, -0.25) is 0 Å². The molecule has 1 aliphatic rings. The van der Waals surface area contributed by atoms with Crippen LogP contribution in [-0.4, -0.2) is 55.9 Å². The van der Waals surface area contributed by atoms with Crippen LogP contribution in [0.5, 0.6) is 0 Å². The highest BCUT2D eigenvalue weighted by atomic mass is 32.2. The first-order valence-electron chi connectivity index (χ1n) is 8.80. The highest BCUT2D eigenvalue weighted by molar-refractivity contribution is 7.91. The Bertz CT molecular complexity index is 825. The molecular weight excluding hydrogens is 374 g/mol. The number of rotatable bonds is 7. The van der Waals surface area contributed by atoms with E-state index in [9.17, 15) is 13.5 Å². The van der Waals surface area contributed by atoms with Crippen molar-refractivity contribution >= 4 is 21.4 Å². The number of sulfonamides is 1. The van der Waals surface area contributed by atoms with Crippen LogP contribution in [0, 0.1) is 13.8 Å². The Balaban J connectivity index is 1.55. The summed E-state index contributed by atoms with van der Waals surface area (Å²) >= 11 is 1.22. The van der Waals surface area contributed by atoms with E-state index in [1.165, 1.54) is 11.3 Å². The summed E-state index contributed by atoms with van der Waals surface area (Å²) in [5, 5.41) is 13.6. The number of β-amino-alcohol motifs (C(OH)–C–C–N with tert-alkyl or cyclic N) is 1. The summed E-state index contributed by atoms with van der Waals surface area (Å²) in [6, 6.07) is 3.41. The normalized spacial score (nSPS) is 19.1. The fourth-order valence-electron chi connectivity index (χ4n) is 3.25. The van der Waals surface area contributed by atoms with E-state index in [2.05, 4.69) is 14.8 Å². The van der Waals surface area contributed by atoms with E-state index in [1.807, 2.05) is 13.8 Å². The molecule has 1 atom stereocenters. The minimum atomic E-state index is -3.52. The Morgan fingerprint density at radius 3 is 2.92 bits per heavy atom. The van der Waals surface area contributed by atoms with E-state index in [1.54, 1.807) is 12.1 Å². The third kappa shape index (κ3) is 4.52. The summed E-state index contributed by atoms with van der Waals surface area (Å²) < 4.78 is 33.1. The zero-order chi connectivity index (χ0) is 18.7. The number of aliphatic hydroxyl groups is 1. The first-order valence-corrected chi connectivity index (χ1v) is 11.1. The Hall–Kier alpha value is -1.26. The van der Waals surface area contributed by atoms with Gasteiger partial charge < -0.3 is 14.5 Å². The molecule has 3 rings (SSSR count). The van der Waals surface area contributed by atoms with E-state index < -0.39 is 10.0 Å². The van der Waals surface area contributed by atoms with E-state index in [0.717, 1.165) is 42.1 Å². The number of hydrogen-bond donors (Lipinski definition) is 2. The molecule has 0 spiro atoms. The highest BCUT2D eigenvalue weighted by Gasteiger charge is 2.21. The van der Waals surface area contributed by atoms with Crippen molar-refractivity contribution in [2.75, 3.05) is 26.2 Å². The molecule has 2 aromatic heterocycles. The van der Waals surface area contributed by atoms with E-state index in [-0.39, 0.29) is 6.10 Å². The van der Waals surface area contributed by atoms with Crippen molar-refractivity contribution < 1.29 is 18.0 Å². The Labute approximate surface area is 158 Å². The lowest BCUT2D eigenvalue weighted by Gasteiger charge is -2.29. The molecule has 0 amide bonds. The van der Waals surface area contributed by atoms with Gasteiger partial charge in [-0.05, 0) is 58.3 Å². The zero-order valence-corrected chi connectivity index (χ0v) is 16.7. The molecule has 1 fully saturated rings. The summed E-state index contributed by atoms with van der Waals surface area (Å²) in [5.41, 5.74) is 1.62. The predicted octanol–water partition coefficient (Wildman–Crippen LogP) is 2.15. The summed E-state index contributed by atoms with van der Waals surface area (Å²) in [7, 11) is -3.52. The standard InChI is InChI=1S/C17H25N3O4S2/c1-12-17(13(2)24-19-12)15-6-7-16(25-15)26(22,23)18-8-4-10-20-9-3-5-14(21)11-20/h6-7,14,18,21H,3-5,8-11H2,1-2H3. The van der Waals surface area contributed by atoms with Gasteiger partial charge in [-0.25, -0.2) is 13.1 Å². The Morgan fingerprint density at radius 2 is 2.23 bits per heavy atom. The topological polar surface area (TPSA) is 95.7 Å². The average molecular weight is 400 g/mol. The molecule has 26 heavy (non-hydrogen) atoms. The summed E-state index contributed by atoms with van der Waals surface area (Å²) in [6.07, 6.45) is 2.31. The first-order chi connectivity index (χ1) is 12.4. The summed E-state index contributed by atoms with van der Waals surface area (Å²) in [4.78, 5) is 3.02. The molecule has 144 valence electrons. The van der Waals surface area contributed by atoms with Crippen molar-refractivity contribution in [3.63, 3.8) is 0 Å². The quantitative estimate of drug-likeness (QED) is 0.693. The fraction of sp³-hybridized carbons (Fsp3) is 0.588. The van der Waals surface area contributed by atoms with Crippen LogP contribution in [0.25, 0.3) is 10.4 Å². The van der Waals surface area contributed by atoms with Gasteiger partial charge in [0.2, 0.25) is 10.0 Å². The van der Waals surface area contributed by atoms with E-state index in [0.29, 0.717) is 29.5 Å². The monoisotopic (exact) mass is 399 g/mol. The number of aryl methyl sites for hydroxylation is 2. The number of likely N-dealkylation sites (tertiary alicyclic amines) is 1. The van der Waals surface area contributed by atoms with E-state index in [4.69, 9.17) is 4.52 Å². The maximum absolute atomic E-state index is 12.5. The van der Waals surface area contributed by atoms with Crippen molar-refractivity contribution in [3.8, 4) is 10.4 Å².